The molecule has 0 aliphatic carbocycles. The second-order valence-electron chi connectivity index (χ2n) is 9.50. The van der Waals surface area contributed by atoms with Gasteiger partial charge in [-0.2, -0.15) is 0 Å². The summed E-state index contributed by atoms with van der Waals surface area (Å²) in [6.07, 6.45) is 1.42. The van der Waals surface area contributed by atoms with Gasteiger partial charge in [0.05, 0.1) is 19.2 Å². The lowest BCUT2D eigenvalue weighted by molar-refractivity contribution is -0.125. The Hall–Kier alpha value is -2.88. The van der Waals surface area contributed by atoms with Gasteiger partial charge in [-0.1, -0.05) is 36.4 Å². The molecule has 0 saturated carbocycles. The van der Waals surface area contributed by atoms with Crippen LogP contribution in [0.15, 0.2) is 48.5 Å². The highest BCUT2D eigenvalue weighted by molar-refractivity contribution is 5.81. The Kier molecular flexibility index (Phi) is 10.8. The fourth-order valence-corrected chi connectivity index (χ4v) is 4.46. The Morgan fingerprint density at radius 1 is 0.944 bits per heavy atom. The minimum Gasteiger partial charge on any atom is -0.392 e. The number of halogens is 2. The third kappa shape index (κ3) is 9.29. The highest BCUT2D eigenvalue weighted by atomic mass is 19.1. The number of likely N-dealkylation sites (tertiary alicyclic amines) is 1. The zero-order valence-electron chi connectivity index (χ0n) is 20.8. The Labute approximate surface area is 211 Å². The molecule has 7 nitrogen and oxygen atoms in total. The van der Waals surface area contributed by atoms with Crippen molar-refractivity contribution in [1.29, 1.82) is 0 Å². The maximum atomic E-state index is 13.9. The summed E-state index contributed by atoms with van der Waals surface area (Å²) in [5.74, 6) is -1.07. The van der Waals surface area contributed by atoms with Crippen molar-refractivity contribution in [2.45, 2.75) is 39.0 Å². The number of aliphatic hydroxyl groups excluding tert-OH is 1. The van der Waals surface area contributed by atoms with Crippen molar-refractivity contribution in [2.75, 3.05) is 39.3 Å². The van der Waals surface area contributed by atoms with E-state index in [1.165, 1.54) is 12.1 Å². The molecule has 0 bridgehead atoms. The number of amides is 2. The fraction of sp³-hybridized carbons (Fsp3) is 0.481. The van der Waals surface area contributed by atoms with Gasteiger partial charge < -0.3 is 20.6 Å². The molecule has 1 fully saturated rings. The largest absolute Gasteiger partial charge is 0.392 e. The molecule has 1 saturated heterocycles. The first-order valence-electron chi connectivity index (χ1n) is 12.4. The van der Waals surface area contributed by atoms with Crippen LogP contribution < -0.4 is 10.6 Å². The quantitative estimate of drug-likeness (QED) is 0.415. The molecule has 1 heterocycles. The summed E-state index contributed by atoms with van der Waals surface area (Å²) in [5, 5.41) is 15.1. The van der Waals surface area contributed by atoms with Gasteiger partial charge in [-0.25, -0.2) is 8.78 Å². The van der Waals surface area contributed by atoms with Gasteiger partial charge >= 0.3 is 0 Å². The van der Waals surface area contributed by atoms with E-state index in [1.807, 2.05) is 0 Å². The van der Waals surface area contributed by atoms with Crippen molar-refractivity contribution in [3.63, 3.8) is 0 Å². The van der Waals surface area contributed by atoms with Crippen molar-refractivity contribution in [3.8, 4) is 0 Å². The standard InChI is InChI=1S/C27H36F2N4O3/c1-20(34)16-32-12-10-21(11-13-32)17-33(18-26(35)30-14-22-6-2-4-8-24(22)28)19-27(36)31-15-23-7-3-5-9-25(23)29/h2-9,20-21,34H,10-19H2,1H3,(H,30,35)(H,31,36). The van der Waals surface area contributed by atoms with Gasteiger partial charge in [0.15, 0.2) is 0 Å². The van der Waals surface area contributed by atoms with E-state index in [4.69, 9.17) is 0 Å². The summed E-state index contributed by atoms with van der Waals surface area (Å²) in [5.41, 5.74) is 0.788. The number of carbonyl (C=O) groups excluding carboxylic acids is 2. The molecule has 0 spiro atoms. The number of hydrogen-bond acceptors (Lipinski definition) is 5. The van der Waals surface area contributed by atoms with Crippen molar-refractivity contribution < 1.29 is 23.5 Å². The molecule has 36 heavy (non-hydrogen) atoms. The molecule has 2 aromatic rings. The van der Waals surface area contributed by atoms with Crippen LogP contribution in [0, 0.1) is 17.6 Å². The summed E-state index contributed by atoms with van der Waals surface area (Å²) in [6, 6.07) is 12.5. The van der Waals surface area contributed by atoms with Gasteiger partial charge in [-0.3, -0.25) is 14.5 Å². The number of piperidine rings is 1. The van der Waals surface area contributed by atoms with Crippen LogP contribution in [0.1, 0.15) is 30.9 Å². The number of hydrogen-bond donors (Lipinski definition) is 3. The smallest absolute Gasteiger partial charge is 0.234 e. The predicted molar refractivity (Wildman–Crippen MR) is 134 cm³/mol. The molecule has 1 aliphatic heterocycles. The lowest BCUT2D eigenvalue weighted by Crippen LogP contribution is -2.46. The molecular weight excluding hydrogens is 466 g/mol. The van der Waals surface area contributed by atoms with E-state index in [1.54, 1.807) is 48.2 Å². The van der Waals surface area contributed by atoms with Gasteiger partial charge in [-0.15, -0.1) is 0 Å². The number of β-amino-alcohol motifs (C(OH)–C–C–N with tert-alkyl or cyclic N) is 1. The number of nitrogens with zero attached hydrogens (tertiary/aromatic N) is 2. The van der Waals surface area contributed by atoms with Gasteiger partial charge in [-0.05, 0) is 50.9 Å². The molecule has 3 N–H and O–H groups in total. The second kappa shape index (κ2) is 14.0. The highest BCUT2D eigenvalue weighted by Crippen LogP contribution is 2.19. The summed E-state index contributed by atoms with van der Waals surface area (Å²) < 4.78 is 27.8. The molecule has 196 valence electrons. The summed E-state index contributed by atoms with van der Waals surface area (Å²) >= 11 is 0. The first kappa shape index (κ1) is 27.7. The topological polar surface area (TPSA) is 84.9 Å². The average molecular weight is 503 g/mol. The van der Waals surface area contributed by atoms with Crippen LogP contribution in [0.4, 0.5) is 8.78 Å². The molecule has 0 aromatic heterocycles. The predicted octanol–water partition coefficient (Wildman–Crippen LogP) is 2.29. The zero-order valence-corrected chi connectivity index (χ0v) is 20.8. The first-order chi connectivity index (χ1) is 17.3. The van der Waals surface area contributed by atoms with Crippen molar-refractivity contribution in [1.82, 2.24) is 20.4 Å². The maximum absolute atomic E-state index is 13.9. The van der Waals surface area contributed by atoms with Gasteiger partial charge in [0.1, 0.15) is 11.6 Å². The third-order valence-electron chi connectivity index (χ3n) is 6.35. The fourth-order valence-electron chi connectivity index (χ4n) is 4.46. The van der Waals surface area contributed by atoms with E-state index in [2.05, 4.69) is 15.5 Å². The van der Waals surface area contributed by atoms with Crippen LogP contribution in [-0.4, -0.2) is 72.1 Å². The van der Waals surface area contributed by atoms with E-state index in [9.17, 15) is 23.5 Å². The van der Waals surface area contributed by atoms with Crippen LogP contribution >= 0.6 is 0 Å². The van der Waals surface area contributed by atoms with Crippen LogP contribution in [0.5, 0.6) is 0 Å². The summed E-state index contributed by atoms with van der Waals surface area (Å²) in [7, 11) is 0. The van der Waals surface area contributed by atoms with Gasteiger partial charge in [0, 0.05) is 37.3 Å². The maximum Gasteiger partial charge on any atom is 0.234 e. The van der Waals surface area contributed by atoms with E-state index in [-0.39, 0.29) is 55.7 Å². The summed E-state index contributed by atoms with van der Waals surface area (Å²) in [4.78, 5) is 29.3. The molecular formula is C27H36F2N4O3. The Morgan fingerprint density at radius 2 is 1.42 bits per heavy atom. The van der Waals surface area contributed by atoms with E-state index < -0.39 is 0 Å². The molecule has 3 rings (SSSR count). The molecule has 9 heteroatoms. The number of carbonyl (C=O) groups is 2. The molecule has 1 aliphatic rings. The summed E-state index contributed by atoms with van der Waals surface area (Å²) in [6.45, 7) is 4.78. The third-order valence-corrected chi connectivity index (χ3v) is 6.35. The van der Waals surface area contributed by atoms with E-state index >= 15 is 0 Å². The lowest BCUT2D eigenvalue weighted by atomic mass is 9.96. The molecule has 1 atom stereocenters. The number of nitrogens with one attached hydrogen (secondary N) is 2. The zero-order chi connectivity index (χ0) is 25.9. The number of rotatable bonds is 12. The minimum absolute atomic E-state index is 0.00450. The Bertz CT molecular complexity index is 933. The van der Waals surface area contributed by atoms with Gasteiger partial charge in [0.25, 0.3) is 0 Å². The second-order valence-corrected chi connectivity index (χ2v) is 9.50. The lowest BCUT2D eigenvalue weighted by Gasteiger charge is -2.35. The van der Waals surface area contributed by atoms with Crippen molar-refractivity contribution in [3.05, 3.63) is 71.3 Å². The van der Waals surface area contributed by atoms with E-state index in [0.717, 1.165) is 25.9 Å². The molecule has 0 radical (unpaired) electrons. The van der Waals surface area contributed by atoms with Gasteiger partial charge in [0.2, 0.25) is 11.8 Å². The van der Waals surface area contributed by atoms with Crippen molar-refractivity contribution >= 4 is 11.8 Å². The minimum atomic E-state index is -0.383. The van der Waals surface area contributed by atoms with Crippen molar-refractivity contribution in [2.24, 2.45) is 5.92 Å². The van der Waals surface area contributed by atoms with E-state index in [0.29, 0.717) is 30.1 Å². The molecule has 1 unspecified atom stereocenters. The van der Waals surface area contributed by atoms with Crippen LogP contribution in [0.2, 0.25) is 0 Å². The Balaban J connectivity index is 1.55. The SMILES string of the molecule is CC(O)CN1CCC(CN(CC(=O)NCc2ccccc2F)CC(=O)NCc2ccccc2F)CC1. The molecule has 2 amide bonds. The average Bonchev–Trinajstić information content (AvgIpc) is 2.84. The first-order valence-corrected chi connectivity index (χ1v) is 12.4. The Morgan fingerprint density at radius 3 is 1.86 bits per heavy atom. The van der Waals surface area contributed by atoms with Crippen LogP contribution in [0.3, 0.4) is 0 Å². The van der Waals surface area contributed by atoms with Crippen LogP contribution in [-0.2, 0) is 22.7 Å². The normalized spacial score (nSPS) is 15.6. The highest BCUT2D eigenvalue weighted by Gasteiger charge is 2.24. The van der Waals surface area contributed by atoms with Crippen LogP contribution in [0.25, 0.3) is 0 Å². The number of aliphatic hydroxyl groups is 1. The monoisotopic (exact) mass is 502 g/mol. The molecule has 2 aromatic carbocycles. The number of benzene rings is 2.